The van der Waals surface area contributed by atoms with Crippen LogP contribution in [0.25, 0.3) is 0 Å². The standard InChI is InChI=1S/C18H20BrFN2O2/c1-24-17-7-4-15(19)9-13(17)10-22-11-14(18(21)23)8-12-2-5-16(20)6-3-12/h2-7,9,14,22H,8,10-11H2,1H3,(H2,21,23). The van der Waals surface area contributed by atoms with Crippen molar-refractivity contribution in [2.75, 3.05) is 13.7 Å². The zero-order chi connectivity index (χ0) is 17.5. The van der Waals surface area contributed by atoms with E-state index in [1.807, 2.05) is 18.2 Å². The maximum absolute atomic E-state index is 13.0. The number of hydrogen-bond donors (Lipinski definition) is 2. The second-order valence-electron chi connectivity index (χ2n) is 5.52. The molecule has 1 atom stereocenters. The summed E-state index contributed by atoms with van der Waals surface area (Å²) in [7, 11) is 1.62. The first-order valence-electron chi connectivity index (χ1n) is 7.56. The molecule has 4 nitrogen and oxygen atoms in total. The lowest BCUT2D eigenvalue weighted by molar-refractivity contribution is -0.121. The summed E-state index contributed by atoms with van der Waals surface area (Å²) < 4.78 is 19.2. The van der Waals surface area contributed by atoms with Gasteiger partial charge in [0.05, 0.1) is 13.0 Å². The number of primary amides is 1. The summed E-state index contributed by atoms with van der Waals surface area (Å²) in [5.74, 6) is -0.268. The highest BCUT2D eigenvalue weighted by atomic mass is 79.9. The molecule has 6 heteroatoms. The Bertz CT molecular complexity index is 692. The van der Waals surface area contributed by atoms with E-state index in [2.05, 4.69) is 21.2 Å². The van der Waals surface area contributed by atoms with Gasteiger partial charge in [-0.25, -0.2) is 4.39 Å². The number of carbonyl (C=O) groups excluding carboxylic acids is 1. The number of carbonyl (C=O) groups is 1. The molecule has 24 heavy (non-hydrogen) atoms. The third-order valence-electron chi connectivity index (χ3n) is 3.75. The fraction of sp³-hybridized carbons (Fsp3) is 0.278. The zero-order valence-corrected chi connectivity index (χ0v) is 15.0. The summed E-state index contributed by atoms with van der Waals surface area (Å²) in [6.07, 6.45) is 0.470. The number of nitrogens with one attached hydrogen (secondary N) is 1. The largest absolute Gasteiger partial charge is 0.496 e. The van der Waals surface area contributed by atoms with E-state index in [4.69, 9.17) is 10.5 Å². The Morgan fingerprint density at radius 1 is 1.29 bits per heavy atom. The van der Waals surface area contributed by atoms with Gasteiger partial charge in [-0.2, -0.15) is 0 Å². The van der Waals surface area contributed by atoms with E-state index in [0.29, 0.717) is 19.5 Å². The summed E-state index contributed by atoms with van der Waals surface area (Å²) in [5, 5.41) is 3.24. The molecule has 0 aliphatic rings. The Morgan fingerprint density at radius 2 is 2.00 bits per heavy atom. The minimum Gasteiger partial charge on any atom is -0.496 e. The van der Waals surface area contributed by atoms with Crippen molar-refractivity contribution in [3.63, 3.8) is 0 Å². The van der Waals surface area contributed by atoms with Gasteiger partial charge in [0.1, 0.15) is 11.6 Å². The first-order valence-corrected chi connectivity index (χ1v) is 8.35. The molecule has 0 saturated carbocycles. The number of methoxy groups -OCH3 is 1. The van der Waals surface area contributed by atoms with Crippen LogP contribution in [0, 0.1) is 11.7 Å². The average Bonchev–Trinajstić information content (AvgIpc) is 2.56. The van der Waals surface area contributed by atoms with Gasteiger partial charge in [-0.15, -0.1) is 0 Å². The molecule has 2 aromatic carbocycles. The molecule has 0 aliphatic heterocycles. The van der Waals surface area contributed by atoms with Gasteiger partial charge in [0, 0.05) is 23.1 Å². The second kappa shape index (κ2) is 8.80. The van der Waals surface area contributed by atoms with Crippen LogP contribution in [0.5, 0.6) is 5.75 Å². The Morgan fingerprint density at radius 3 is 2.62 bits per heavy atom. The Labute approximate surface area is 149 Å². The second-order valence-corrected chi connectivity index (χ2v) is 6.43. The molecule has 0 radical (unpaired) electrons. The van der Waals surface area contributed by atoms with Crippen molar-refractivity contribution in [2.45, 2.75) is 13.0 Å². The van der Waals surface area contributed by atoms with Crippen LogP contribution in [0.15, 0.2) is 46.9 Å². The van der Waals surface area contributed by atoms with Gasteiger partial charge in [-0.05, 0) is 42.3 Å². The van der Waals surface area contributed by atoms with Crippen molar-refractivity contribution in [1.29, 1.82) is 0 Å². The minimum absolute atomic E-state index is 0.297. The predicted octanol–water partition coefficient (Wildman–Crippen LogP) is 3.03. The van der Waals surface area contributed by atoms with E-state index < -0.39 is 0 Å². The van der Waals surface area contributed by atoms with E-state index in [0.717, 1.165) is 21.3 Å². The summed E-state index contributed by atoms with van der Waals surface area (Å²) in [6, 6.07) is 11.9. The molecule has 128 valence electrons. The number of rotatable bonds is 8. The number of halogens is 2. The maximum Gasteiger partial charge on any atom is 0.222 e. The lowest BCUT2D eigenvalue weighted by Gasteiger charge is -2.16. The van der Waals surface area contributed by atoms with Crippen LogP contribution in [0.2, 0.25) is 0 Å². The summed E-state index contributed by atoms with van der Waals surface area (Å²) in [5.41, 5.74) is 7.35. The van der Waals surface area contributed by atoms with E-state index in [1.54, 1.807) is 19.2 Å². The van der Waals surface area contributed by atoms with Crippen molar-refractivity contribution in [1.82, 2.24) is 5.32 Å². The molecule has 0 bridgehead atoms. The molecule has 2 aromatic rings. The minimum atomic E-state index is -0.381. The Balaban J connectivity index is 1.96. The van der Waals surface area contributed by atoms with Crippen molar-refractivity contribution < 1.29 is 13.9 Å². The Kier molecular flexibility index (Phi) is 6.75. The molecule has 0 saturated heterocycles. The van der Waals surface area contributed by atoms with Gasteiger partial charge in [-0.3, -0.25) is 4.79 Å². The Hall–Kier alpha value is -1.92. The molecular weight excluding hydrogens is 375 g/mol. The number of benzene rings is 2. The fourth-order valence-electron chi connectivity index (χ4n) is 2.44. The first-order chi connectivity index (χ1) is 11.5. The molecule has 0 aliphatic carbocycles. The number of ether oxygens (including phenoxy) is 1. The predicted molar refractivity (Wildman–Crippen MR) is 95.2 cm³/mol. The molecule has 0 heterocycles. The lowest BCUT2D eigenvalue weighted by Crippen LogP contribution is -2.34. The molecule has 2 rings (SSSR count). The van der Waals surface area contributed by atoms with Crippen LogP contribution in [-0.4, -0.2) is 19.6 Å². The third-order valence-corrected chi connectivity index (χ3v) is 4.24. The smallest absolute Gasteiger partial charge is 0.222 e. The lowest BCUT2D eigenvalue weighted by atomic mass is 9.98. The van der Waals surface area contributed by atoms with Crippen molar-refractivity contribution >= 4 is 21.8 Å². The van der Waals surface area contributed by atoms with E-state index in [-0.39, 0.29) is 17.6 Å². The van der Waals surface area contributed by atoms with Crippen LogP contribution in [0.1, 0.15) is 11.1 Å². The summed E-state index contributed by atoms with van der Waals surface area (Å²) in [6.45, 7) is 0.984. The zero-order valence-electron chi connectivity index (χ0n) is 13.4. The highest BCUT2D eigenvalue weighted by Crippen LogP contribution is 2.22. The monoisotopic (exact) mass is 394 g/mol. The van der Waals surface area contributed by atoms with Gasteiger partial charge in [0.15, 0.2) is 0 Å². The van der Waals surface area contributed by atoms with Gasteiger partial charge >= 0.3 is 0 Å². The van der Waals surface area contributed by atoms with Gasteiger partial charge in [-0.1, -0.05) is 28.1 Å². The molecule has 1 unspecified atom stereocenters. The van der Waals surface area contributed by atoms with Gasteiger partial charge in [0.2, 0.25) is 5.91 Å². The highest BCUT2D eigenvalue weighted by Gasteiger charge is 2.16. The van der Waals surface area contributed by atoms with Crippen LogP contribution in [0.4, 0.5) is 4.39 Å². The first kappa shape index (κ1) is 18.4. The molecule has 0 fully saturated rings. The molecular formula is C18H20BrFN2O2. The summed E-state index contributed by atoms with van der Waals surface area (Å²) in [4.78, 5) is 11.7. The van der Waals surface area contributed by atoms with E-state index >= 15 is 0 Å². The molecule has 1 amide bonds. The highest BCUT2D eigenvalue weighted by molar-refractivity contribution is 9.10. The number of nitrogens with two attached hydrogens (primary N) is 1. The van der Waals surface area contributed by atoms with Crippen molar-refractivity contribution in [3.8, 4) is 5.75 Å². The molecule has 0 spiro atoms. The SMILES string of the molecule is COc1ccc(Br)cc1CNCC(Cc1ccc(F)cc1)C(N)=O. The normalized spacial score (nSPS) is 12.0. The topological polar surface area (TPSA) is 64.3 Å². The molecule has 3 N–H and O–H groups in total. The van der Waals surface area contributed by atoms with E-state index in [1.165, 1.54) is 12.1 Å². The maximum atomic E-state index is 13.0. The summed E-state index contributed by atoms with van der Waals surface area (Å²) >= 11 is 3.43. The quantitative estimate of drug-likeness (QED) is 0.722. The van der Waals surface area contributed by atoms with Crippen LogP contribution >= 0.6 is 15.9 Å². The van der Waals surface area contributed by atoms with Crippen molar-refractivity contribution in [2.24, 2.45) is 11.7 Å². The van der Waals surface area contributed by atoms with Gasteiger partial charge in [0.25, 0.3) is 0 Å². The van der Waals surface area contributed by atoms with Crippen LogP contribution in [0.3, 0.4) is 0 Å². The fourth-order valence-corrected chi connectivity index (χ4v) is 2.85. The number of hydrogen-bond acceptors (Lipinski definition) is 3. The van der Waals surface area contributed by atoms with E-state index in [9.17, 15) is 9.18 Å². The van der Waals surface area contributed by atoms with Crippen molar-refractivity contribution in [3.05, 3.63) is 63.9 Å². The van der Waals surface area contributed by atoms with Crippen LogP contribution < -0.4 is 15.8 Å². The van der Waals surface area contributed by atoms with Crippen LogP contribution in [-0.2, 0) is 17.8 Å². The number of amides is 1. The molecule has 0 aromatic heterocycles. The third kappa shape index (κ3) is 5.32. The van der Waals surface area contributed by atoms with Gasteiger partial charge < -0.3 is 15.8 Å². The average molecular weight is 395 g/mol.